The number of benzene rings is 1. The van der Waals surface area contributed by atoms with Crippen molar-refractivity contribution in [3.05, 3.63) is 29.8 Å². The van der Waals surface area contributed by atoms with Crippen LogP contribution in [0.3, 0.4) is 0 Å². The molecule has 150 valence electrons. The summed E-state index contributed by atoms with van der Waals surface area (Å²) in [4.78, 5) is 16.8. The number of hydrogen-bond donors (Lipinski definition) is 2. The molecule has 0 radical (unpaired) electrons. The summed E-state index contributed by atoms with van der Waals surface area (Å²) in [6, 6.07) is 8.11. The van der Waals surface area contributed by atoms with Crippen molar-refractivity contribution in [2.24, 2.45) is 5.92 Å². The Morgan fingerprint density at radius 1 is 1.30 bits per heavy atom. The summed E-state index contributed by atoms with van der Waals surface area (Å²) in [5.74, 6) is 1.59. The summed E-state index contributed by atoms with van der Waals surface area (Å²) in [5.41, 5.74) is 1.34. The maximum absolute atomic E-state index is 12.5. The first-order valence-corrected chi connectivity index (χ1v) is 10.1. The first-order valence-electron chi connectivity index (χ1n) is 10.1. The minimum Gasteiger partial charge on any atom is -0.497 e. The lowest BCUT2D eigenvalue weighted by molar-refractivity contribution is -0.132. The van der Waals surface area contributed by atoms with Gasteiger partial charge in [0.15, 0.2) is 0 Å². The molecule has 2 N–H and O–H groups in total. The van der Waals surface area contributed by atoms with Gasteiger partial charge in [-0.2, -0.15) is 0 Å². The van der Waals surface area contributed by atoms with Crippen molar-refractivity contribution in [3.63, 3.8) is 0 Å². The van der Waals surface area contributed by atoms with E-state index in [9.17, 15) is 9.90 Å². The molecule has 2 fully saturated rings. The molecule has 2 heterocycles. The summed E-state index contributed by atoms with van der Waals surface area (Å²) in [6.45, 7) is 4.63. The highest BCUT2D eigenvalue weighted by molar-refractivity contribution is 5.82. The Bertz CT molecular complexity index is 599. The monoisotopic (exact) mass is 375 g/mol. The fourth-order valence-electron chi connectivity index (χ4n) is 4.12. The number of aliphatic hydroxyl groups excluding tert-OH is 1. The number of amides is 1. The third-order valence-corrected chi connectivity index (χ3v) is 5.90. The maximum atomic E-state index is 12.5. The summed E-state index contributed by atoms with van der Waals surface area (Å²) >= 11 is 0. The fourth-order valence-corrected chi connectivity index (χ4v) is 4.12. The van der Waals surface area contributed by atoms with Gasteiger partial charge in [-0.3, -0.25) is 4.79 Å². The Morgan fingerprint density at radius 2 is 2.00 bits per heavy atom. The molecule has 0 bridgehead atoms. The van der Waals surface area contributed by atoms with Crippen LogP contribution in [0.5, 0.6) is 5.75 Å². The lowest BCUT2D eigenvalue weighted by Gasteiger charge is -2.34. The van der Waals surface area contributed by atoms with Crippen molar-refractivity contribution in [1.29, 1.82) is 0 Å². The van der Waals surface area contributed by atoms with Crippen LogP contribution in [-0.2, 0) is 11.2 Å². The predicted octanol–water partition coefficient (Wildman–Crippen LogP) is 1.13. The molecule has 27 heavy (non-hydrogen) atoms. The number of nitrogens with one attached hydrogen (secondary N) is 1. The van der Waals surface area contributed by atoms with Gasteiger partial charge in [0.05, 0.1) is 19.3 Å². The van der Waals surface area contributed by atoms with Crippen LogP contribution < -0.4 is 10.1 Å². The van der Waals surface area contributed by atoms with E-state index < -0.39 is 0 Å². The van der Waals surface area contributed by atoms with Gasteiger partial charge in [-0.05, 0) is 62.4 Å². The zero-order valence-corrected chi connectivity index (χ0v) is 16.6. The van der Waals surface area contributed by atoms with E-state index in [-0.39, 0.29) is 18.1 Å². The van der Waals surface area contributed by atoms with Crippen molar-refractivity contribution in [2.45, 2.75) is 37.8 Å². The van der Waals surface area contributed by atoms with Crippen LogP contribution in [0.15, 0.2) is 24.3 Å². The number of methoxy groups -OCH3 is 1. The van der Waals surface area contributed by atoms with Crippen molar-refractivity contribution in [2.75, 3.05) is 46.9 Å². The second kappa shape index (κ2) is 9.53. The van der Waals surface area contributed by atoms with E-state index in [1.807, 2.05) is 24.1 Å². The van der Waals surface area contributed by atoms with Gasteiger partial charge >= 0.3 is 0 Å². The van der Waals surface area contributed by atoms with Gasteiger partial charge in [0.25, 0.3) is 0 Å². The van der Waals surface area contributed by atoms with Gasteiger partial charge < -0.3 is 25.0 Å². The van der Waals surface area contributed by atoms with Crippen LogP contribution in [0.2, 0.25) is 0 Å². The van der Waals surface area contributed by atoms with Crippen LogP contribution in [0.4, 0.5) is 0 Å². The number of likely N-dealkylation sites (tertiary alicyclic amines) is 1. The first kappa shape index (κ1) is 20.1. The highest BCUT2D eigenvalue weighted by Crippen LogP contribution is 2.20. The van der Waals surface area contributed by atoms with Crippen LogP contribution in [0, 0.1) is 5.92 Å². The molecule has 2 saturated heterocycles. The van der Waals surface area contributed by atoms with Crippen molar-refractivity contribution in [3.8, 4) is 5.75 Å². The Hall–Kier alpha value is -1.63. The molecule has 0 saturated carbocycles. The number of piperidine rings is 1. The molecule has 2 aliphatic heterocycles. The molecule has 1 aromatic rings. The van der Waals surface area contributed by atoms with E-state index in [4.69, 9.17) is 4.74 Å². The molecule has 3 rings (SSSR count). The normalized spacial score (nSPS) is 24.1. The number of aliphatic hydroxyl groups is 1. The van der Waals surface area contributed by atoms with E-state index >= 15 is 0 Å². The summed E-state index contributed by atoms with van der Waals surface area (Å²) in [6.07, 6.45) is 3.48. The van der Waals surface area contributed by atoms with Crippen LogP contribution >= 0.6 is 0 Å². The summed E-state index contributed by atoms with van der Waals surface area (Å²) < 4.78 is 5.21. The molecule has 0 unspecified atom stereocenters. The van der Waals surface area contributed by atoms with E-state index in [1.165, 1.54) is 5.56 Å². The molecule has 6 nitrogen and oxygen atoms in total. The molecule has 2 atom stereocenters. The van der Waals surface area contributed by atoms with Gasteiger partial charge in [-0.1, -0.05) is 12.1 Å². The van der Waals surface area contributed by atoms with Gasteiger partial charge in [-0.15, -0.1) is 0 Å². The lowest BCUT2D eigenvalue weighted by Crippen LogP contribution is -2.45. The Labute approximate surface area is 162 Å². The smallest absolute Gasteiger partial charge is 0.239 e. The zero-order valence-electron chi connectivity index (χ0n) is 16.6. The Balaban J connectivity index is 1.36. The molecule has 1 amide bonds. The number of carbonyl (C=O) groups excluding carboxylic acids is 1. The van der Waals surface area contributed by atoms with E-state index in [2.05, 4.69) is 22.3 Å². The van der Waals surface area contributed by atoms with E-state index in [0.29, 0.717) is 18.9 Å². The van der Waals surface area contributed by atoms with Crippen molar-refractivity contribution in [1.82, 2.24) is 15.1 Å². The third kappa shape index (κ3) is 5.67. The number of hydrogen-bond acceptors (Lipinski definition) is 5. The van der Waals surface area contributed by atoms with E-state index in [1.54, 1.807) is 7.11 Å². The van der Waals surface area contributed by atoms with Gasteiger partial charge in [-0.25, -0.2) is 0 Å². The molecular weight excluding hydrogens is 342 g/mol. The zero-order chi connectivity index (χ0) is 19.2. The Morgan fingerprint density at radius 3 is 2.59 bits per heavy atom. The van der Waals surface area contributed by atoms with Crippen LogP contribution in [0.1, 0.15) is 24.8 Å². The van der Waals surface area contributed by atoms with E-state index in [0.717, 1.165) is 51.2 Å². The second-order valence-electron chi connectivity index (χ2n) is 7.95. The lowest BCUT2D eigenvalue weighted by atomic mass is 9.95. The van der Waals surface area contributed by atoms with Crippen molar-refractivity contribution >= 4 is 5.91 Å². The van der Waals surface area contributed by atoms with Gasteiger partial charge in [0.2, 0.25) is 5.91 Å². The number of rotatable bonds is 7. The molecule has 0 aliphatic carbocycles. The minimum atomic E-state index is -0.388. The molecule has 1 aromatic carbocycles. The Kier molecular flexibility index (Phi) is 7.10. The van der Waals surface area contributed by atoms with Gasteiger partial charge in [0.1, 0.15) is 5.75 Å². The molecular formula is C21H33N3O3. The number of carbonyl (C=O) groups is 1. The molecule has 0 aromatic heterocycles. The largest absolute Gasteiger partial charge is 0.497 e. The quantitative estimate of drug-likeness (QED) is 0.748. The maximum Gasteiger partial charge on any atom is 0.239 e. The average molecular weight is 376 g/mol. The van der Waals surface area contributed by atoms with Crippen molar-refractivity contribution < 1.29 is 14.6 Å². The predicted molar refractivity (Wildman–Crippen MR) is 106 cm³/mol. The van der Waals surface area contributed by atoms with Gasteiger partial charge in [0, 0.05) is 26.7 Å². The molecule has 0 spiro atoms. The third-order valence-electron chi connectivity index (χ3n) is 5.90. The number of ether oxygens (including phenoxy) is 1. The average Bonchev–Trinajstić information content (AvgIpc) is 3.13. The standard InChI is InChI=1S/C21H33N3O3/c1-23(21(26)20-13-18(25)14-22-20)15-17-8-11-24(12-9-17)10-7-16-3-5-19(27-2)6-4-16/h3-6,17-18,20,22,25H,7-15H2,1-2H3/t18-,20+/m1/s1. The number of nitrogens with zero attached hydrogens (tertiary/aromatic N) is 2. The topological polar surface area (TPSA) is 65.0 Å². The fraction of sp³-hybridized carbons (Fsp3) is 0.667. The first-order chi connectivity index (χ1) is 13.0. The number of β-amino-alcohol motifs (C(OH)–C–C–N with tert-alkyl or cyclic N) is 1. The number of likely N-dealkylation sites (N-methyl/N-ethyl adjacent to an activating group) is 1. The second-order valence-corrected chi connectivity index (χ2v) is 7.95. The van der Waals surface area contributed by atoms with Crippen LogP contribution in [-0.4, -0.2) is 79.8 Å². The SMILES string of the molecule is COc1ccc(CCN2CCC(CN(C)C(=O)[C@@H]3C[C@@H](O)CN3)CC2)cc1. The summed E-state index contributed by atoms with van der Waals surface area (Å²) in [5, 5.41) is 12.7. The summed E-state index contributed by atoms with van der Waals surface area (Å²) in [7, 11) is 3.59. The minimum absolute atomic E-state index is 0.119. The molecule has 6 heteroatoms. The highest BCUT2D eigenvalue weighted by atomic mass is 16.5. The van der Waals surface area contributed by atoms with Crippen LogP contribution in [0.25, 0.3) is 0 Å². The highest BCUT2D eigenvalue weighted by Gasteiger charge is 2.31. The molecule has 2 aliphatic rings.